The summed E-state index contributed by atoms with van der Waals surface area (Å²) in [6.45, 7) is 2.71. The molecule has 1 aromatic rings. The molecule has 0 saturated heterocycles. The number of allylic oxidation sites excluding steroid dienone is 1. The number of halogens is 1. The van der Waals surface area contributed by atoms with Crippen molar-refractivity contribution in [1.82, 2.24) is 0 Å². The van der Waals surface area contributed by atoms with Crippen LogP contribution in [0.25, 0.3) is 5.57 Å². The van der Waals surface area contributed by atoms with Gasteiger partial charge in [-0.1, -0.05) is 6.08 Å². The van der Waals surface area contributed by atoms with Crippen LogP contribution in [-0.2, 0) is 6.42 Å². The highest BCUT2D eigenvalue weighted by atomic mass is 79.9. The van der Waals surface area contributed by atoms with Crippen LogP contribution in [0, 0.1) is 6.92 Å². The summed E-state index contributed by atoms with van der Waals surface area (Å²) in [5, 5.41) is 0. The molecule has 0 aliphatic heterocycles. The number of methoxy groups -OCH3 is 1. The summed E-state index contributed by atoms with van der Waals surface area (Å²) in [5.74, 6) is 0.934. The number of aryl methyl sites for hydroxylation is 1. The second kappa shape index (κ2) is 4.60. The third-order valence-electron chi connectivity index (χ3n) is 3.11. The Morgan fingerprint density at radius 2 is 2.25 bits per heavy atom. The van der Waals surface area contributed by atoms with E-state index in [0.29, 0.717) is 6.54 Å². The fourth-order valence-corrected chi connectivity index (χ4v) is 3.20. The molecule has 0 bridgehead atoms. The Balaban J connectivity index is 2.62. The largest absolute Gasteiger partial charge is 0.495 e. The zero-order chi connectivity index (χ0) is 11.7. The molecule has 2 rings (SSSR count). The zero-order valence-electron chi connectivity index (χ0n) is 9.64. The number of ether oxygens (including phenoxy) is 1. The van der Waals surface area contributed by atoms with Gasteiger partial charge in [-0.2, -0.15) is 0 Å². The van der Waals surface area contributed by atoms with Crippen molar-refractivity contribution in [2.75, 3.05) is 13.7 Å². The number of nitrogens with two attached hydrogens (primary N) is 1. The minimum Gasteiger partial charge on any atom is -0.495 e. The molecule has 16 heavy (non-hydrogen) atoms. The van der Waals surface area contributed by atoms with Crippen molar-refractivity contribution in [3.8, 4) is 5.75 Å². The van der Waals surface area contributed by atoms with Crippen LogP contribution in [0.5, 0.6) is 5.75 Å². The molecule has 0 aromatic heterocycles. The molecule has 2 nitrogen and oxygen atoms in total. The summed E-state index contributed by atoms with van der Waals surface area (Å²) < 4.78 is 6.46. The van der Waals surface area contributed by atoms with Crippen LogP contribution in [-0.4, -0.2) is 13.7 Å². The van der Waals surface area contributed by atoms with Crippen LogP contribution in [0.3, 0.4) is 0 Å². The molecule has 0 radical (unpaired) electrons. The first kappa shape index (κ1) is 11.7. The predicted molar refractivity (Wildman–Crippen MR) is 70.8 cm³/mol. The summed E-state index contributed by atoms with van der Waals surface area (Å²) in [6, 6.07) is 2.17. The summed E-state index contributed by atoms with van der Waals surface area (Å²) in [5.41, 5.74) is 10.9. The molecular weight excluding hydrogens is 266 g/mol. The van der Waals surface area contributed by atoms with Crippen LogP contribution in [0.4, 0.5) is 0 Å². The lowest BCUT2D eigenvalue weighted by Crippen LogP contribution is -1.97. The molecule has 0 saturated carbocycles. The first-order valence-electron chi connectivity index (χ1n) is 5.44. The van der Waals surface area contributed by atoms with Crippen LogP contribution in [0.15, 0.2) is 16.6 Å². The van der Waals surface area contributed by atoms with Crippen molar-refractivity contribution in [3.63, 3.8) is 0 Å². The highest BCUT2D eigenvalue weighted by Gasteiger charge is 2.22. The van der Waals surface area contributed by atoms with Crippen molar-refractivity contribution in [2.45, 2.75) is 19.8 Å². The normalized spacial score (nSPS) is 16.6. The molecule has 1 aliphatic rings. The highest BCUT2D eigenvalue weighted by Crippen LogP contribution is 2.42. The first-order valence-corrected chi connectivity index (χ1v) is 6.23. The molecule has 0 spiro atoms. The molecule has 0 unspecified atom stereocenters. The summed E-state index contributed by atoms with van der Waals surface area (Å²) >= 11 is 3.55. The van der Waals surface area contributed by atoms with Crippen LogP contribution >= 0.6 is 15.9 Å². The monoisotopic (exact) mass is 281 g/mol. The van der Waals surface area contributed by atoms with E-state index in [1.807, 2.05) is 0 Å². The quantitative estimate of drug-likeness (QED) is 0.904. The van der Waals surface area contributed by atoms with Gasteiger partial charge < -0.3 is 10.5 Å². The molecule has 0 amide bonds. The minimum absolute atomic E-state index is 0.604. The summed E-state index contributed by atoms with van der Waals surface area (Å²) in [6.07, 6.45) is 4.31. The standard InChI is InChI=1S/C13H16BrNO/c1-8-12-9(5-6-15)3-4-10(12)7-11(14)13(8)16-2/h5,7H,3-4,6,15H2,1-2H3. The van der Waals surface area contributed by atoms with Crippen LogP contribution < -0.4 is 10.5 Å². The average Bonchev–Trinajstić information content (AvgIpc) is 2.62. The van der Waals surface area contributed by atoms with Crippen LogP contribution in [0.2, 0.25) is 0 Å². The Labute approximate surface area is 105 Å². The van der Waals surface area contributed by atoms with Gasteiger partial charge in [0.1, 0.15) is 5.75 Å². The number of hydrogen-bond acceptors (Lipinski definition) is 2. The number of rotatable bonds is 2. The lowest BCUT2D eigenvalue weighted by atomic mass is 10.00. The smallest absolute Gasteiger partial charge is 0.136 e. The van der Waals surface area contributed by atoms with E-state index < -0.39 is 0 Å². The van der Waals surface area contributed by atoms with Gasteiger partial charge >= 0.3 is 0 Å². The second-order valence-corrected chi connectivity index (χ2v) is 4.87. The third kappa shape index (κ3) is 1.78. The topological polar surface area (TPSA) is 35.2 Å². The number of fused-ring (bicyclic) bond motifs is 1. The van der Waals surface area contributed by atoms with Gasteiger partial charge in [0.15, 0.2) is 0 Å². The van der Waals surface area contributed by atoms with Crippen molar-refractivity contribution in [3.05, 3.63) is 33.3 Å². The van der Waals surface area contributed by atoms with E-state index in [1.165, 1.54) is 22.3 Å². The Hall–Kier alpha value is -0.800. The number of hydrogen-bond donors (Lipinski definition) is 1. The fraction of sp³-hybridized carbons (Fsp3) is 0.385. The van der Waals surface area contributed by atoms with Gasteiger partial charge in [0, 0.05) is 6.54 Å². The number of benzene rings is 1. The molecule has 86 valence electrons. The zero-order valence-corrected chi connectivity index (χ0v) is 11.2. The lowest BCUT2D eigenvalue weighted by Gasteiger charge is -2.13. The van der Waals surface area contributed by atoms with E-state index in [-0.39, 0.29) is 0 Å². The molecule has 0 heterocycles. The maximum Gasteiger partial charge on any atom is 0.136 e. The third-order valence-corrected chi connectivity index (χ3v) is 3.70. The molecule has 2 N–H and O–H groups in total. The molecule has 0 atom stereocenters. The van der Waals surface area contributed by atoms with Crippen molar-refractivity contribution < 1.29 is 4.74 Å². The average molecular weight is 282 g/mol. The molecule has 1 aromatic carbocycles. The molecule has 3 heteroatoms. The maximum atomic E-state index is 5.60. The van der Waals surface area contributed by atoms with Gasteiger partial charge in [0.2, 0.25) is 0 Å². The van der Waals surface area contributed by atoms with Crippen molar-refractivity contribution >= 4 is 21.5 Å². The Morgan fingerprint density at radius 1 is 1.50 bits per heavy atom. The van der Waals surface area contributed by atoms with E-state index in [9.17, 15) is 0 Å². The summed E-state index contributed by atoms with van der Waals surface area (Å²) in [4.78, 5) is 0. The Morgan fingerprint density at radius 3 is 2.88 bits per heavy atom. The van der Waals surface area contributed by atoms with Gasteiger partial charge in [-0.3, -0.25) is 0 Å². The Kier molecular flexibility index (Phi) is 3.36. The maximum absolute atomic E-state index is 5.60. The lowest BCUT2D eigenvalue weighted by molar-refractivity contribution is 0.409. The van der Waals surface area contributed by atoms with Gasteiger partial charge in [-0.05, 0) is 64.0 Å². The first-order chi connectivity index (χ1) is 7.69. The van der Waals surface area contributed by atoms with Crippen LogP contribution in [0.1, 0.15) is 23.1 Å². The van der Waals surface area contributed by atoms with E-state index in [4.69, 9.17) is 10.5 Å². The van der Waals surface area contributed by atoms with E-state index in [2.05, 4.69) is 35.0 Å². The van der Waals surface area contributed by atoms with E-state index >= 15 is 0 Å². The summed E-state index contributed by atoms with van der Waals surface area (Å²) in [7, 11) is 1.71. The highest BCUT2D eigenvalue weighted by molar-refractivity contribution is 9.10. The molecular formula is C13H16BrNO. The molecule has 1 aliphatic carbocycles. The SMILES string of the molecule is COc1c(Br)cc2c(c1C)C(=CCN)CC2. The Bertz CT molecular complexity index is 452. The second-order valence-electron chi connectivity index (χ2n) is 4.02. The minimum atomic E-state index is 0.604. The van der Waals surface area contributed by atoms with E-state index in [1.54, 1.807) is 7.11 Å². The van der Waals surface area contributed by atoms with Crippen molar-refractivity contribution in [2.24, 2.45) is 5.73 Å². The van der Waals surface area contributed by atoms with Gasteiger partial charge in [-0.25, -0.2) is 0 Å². The van der Waals surface area contributed by atoms with E-state index in [0.717, 1.165) is 23.1 Å². The van der Waals surface area contributed by atoms with Gasteiger partial charge in [-0.15, -0.1) is 0 Å². The fourth-order valence-electron chi connectivity index (χ4n) is 2.46. The van der Waals surface area contributed by atoms with Gasteiger partial charge in [0.05, 0.1) is 11.6 Å². The molecule has 0 fully saturated rings. The van der Waals surface area contributed by atoms with Crippen molar-refractivity contribution in [1.29, 1.82) is 0 Å². The predicted octanol–water partition coefficient (Wildman–Crippen LogP) is 3.05. The van der Waals surface area contributed by atoms with Gasteiger partial charge in [0.25, 0.3) is 0 Å².